The molecule has 0 aliphatic heterocycles. The molecule has 0 aromatic heterocycles. The Labute approximate surface area is 253 Å². The predicted molar refractivity (Wildman–Crippen MR) is 188 cm³/mol. The summed E-state index contributed by atoms with van der Waals surface area (Å²) in [5.41, 5.74) is 5.04. The van der Waals surface area contributed by atoms with Gasteiger partial charge in [-0.25, -0.2) is 0 Å². The Hall–Kier alpha value is 1.22. The van der Waals surface area contributed by atoms with Crippen LogP contribution in [0, 0.1) is 0 Å². The minimum atomic E-state index is -1.40. The lowest BCUT2D eigenvalue weighted by Crippen LogP contribution is -2.18. The van der Waals surface area contributed by atoms with Crippen LogP contribution in [0.3, 0.4) is 0 Å². The molecule has 1 aromatic rings. The van der Waals surface area contributed by atoms with Gasteiger partial charge in [-0.2, -0.15) is 0 Å². The van der Waals surface area contributed by atoms with E-state index in [4.69, 9.17) is 24.5 Å². The van der Waals surface area contributed by atoms with E-state index in [9.17, 15) is 0 Å². The maximum Gasteiger partial charge on any atom is 0.184 e. The molecule has 4 aliphatic rings. The first kappa shape index (κ1) is 30.7. The van der Waals surface area contributed by atoms with Gasteiger partial charge < -0.3 is 0 Å². The zero-order valence-electron chi connectivity index (χ0n) is 23.8. The van der Waals surface area contributed by atoms with Crippen LogP contribution >= 0.6 is 35.0 Å². The maximum atomic E-state index is 5.81. The van der Waals surface area contributed by atoms with E-state index < -0.39 is 10.5 Å². The molecular weight excluding hydrogens is 575 g/mol. The number of rotatable bonds is 8. The van der Waals surface area contributed by atoms with Crippen LogP contribution in [0.5, 0.6) is 0 Å². The molecular formula is C32H54P2S4+2. The summed E-state index contributed by atoms with van der Waals surface area (Å²) in [6.07, 6.45) is 31.3. The average molecular weight is 629 g/mol. The van der Waals surface area contributed by atoms with Crippen molar-refractivity contribution in [3.63, 3.8) is 0 Å². The molecule has 1 aromatic carbocycles. The van der Waals surface area contributed by atoms with Crippen LogP contribution in [0.2, 0.25) is 0 Å². The van der Waals surface area contributed by atoms with Gasteiger partial charge in [-0.1, -0.05) is 100 Å². The summed E-state index contributed by atoms with van der Waals surface area (Å²) in [4.78, 5) is 0. The fraction of sp³-hybridized carbons (Fsp3) is 0.812. The third-order valence-electron chi connectivity index (χ3n) is 9.97. The monoisotopic (exact) mass is 628 g/mol. The second-order valence-corrected chi connectivity index (χ2v) is 30.9. The second-order valence-electron chi connectivity index (χ2n) is 12.9. The fourth-order valence-corrected chi connectivity index (χ4v) is 27.4. The third-order valence-corrected chi connectivity index (χ3v) is 28.2. The lowest BCUT2D eigenvalue weighted by Gasteiger charge is -2.29. The zero-order chi connectivity index (χ0) is 26.3. The molecule has 5 rings (SSSR count). The summed E-state index contributed by atoms with van der Waals surface area (Å²) in [5.74, 6) is 0. The van der Waals surface area contributed by atoms with Gasteiger partial charge in [-0.15, -0.1) is 0 Å². The van der Waals surface area contributed by atoms with Crippen molar-refractivity contribution in [3.05, 3.63) is 35.4 Å². The van der Waals surface area contributed by atoms with Gasteiger partial charge in [0.1, 0.15) is 0 Å². The first-order valence-electron chi connectivity index (χ1n) is 16.2. The Bertz CT molecular complexity index is 902. The fourth-order valence-electron chi connectivity index (χ4n) is 7.69. The predicted octanol–water partition coefficient (Wildman–Crippen LogP) is 11.7. The Kier molecular flexibility index (Phi) is 12.2. The van der Waals surface area contributed by atoms with Gasteiger partial charge in [0.05, 0.1) is 0 Å². The van der Waals surface area contributed by atoms with Crippen molar-refractivity contribution in [2.75, 3.05) is 0 Å². The summed E-state index contributed by atoms with van der Waals surface area (Å²) in [6.45, 7) is 0. The van der Waals surface area contributed by atoms with Gasteiger partial charge in [-0.05, 0) is 62.5 Å². The third kappa shape index (κ3) is 8.40. The standard InChI is InChI=1S/C32H54P2S4/c35-33(29-17-5-1-6-18-29,37-31-21-9-3-10-22-31)25-27-15-13-14-16-28(27)26-34(36,30-19-7-2-8-20-30)38-32-23-11-4-12-24-32/h13-16,29-32,35-36H,1-12,17-26H2/q+2. The summed E-state index contributed by atoms with van der Waals surface area (Å²) >= 11 is 11.6. The smallest absolute Gasteiger partial charge is 0.0967 e. The molecule has 4 saturated carbocycles. The number of thiol groups is 2. The SMILES string of the molecule is SP(Cc1ccccc1CP(S)(=[S+]C1CCCCC1)C1CCCCC1)(=[S+]C1CCCCC1)C1CCCCC1. The van der Waals surface area contributed by atoms with Crippen LogP contribution in [-0.4, -0.2) is 21.8 Å². The largest absolute Gasteiger partial charge is 0.184 e. The van der Waals surface area contributed by atoms with E-state index in [1.54, 1.807) is 11.1 Å². The van der Waals surface area contributed by atoms with E-state index in [2.05, 4.69) is 46.1 Å². The minimum Gasteiger partial charge on any atom is -0.0967 e. The van der Waals surface area contributed by atoms with Crippen LogP contribution in [0.25, 0.3) is 0 Å². The van der Waals surface area contributed by atoms with E-state index >= 15 is 0 Å². The average Bonchev–Trinajstić information content (AvgIpc) is 2.96. The van der Waals surface area contributed by atoms with E-state index in [0.717, 1.165) is 21.8 Å². The van der Waals surface area contributed by atoms with Crippen molar-refractivity contribution in [1.29, 1.82) is 0 Å². The van der Waals surface area contributed by atoms with Crippen LogP contribution < -0.4 is 0 Å². The van der Waals surface area contributed by atoms with Gasteiger partial charge in [-0.3, -0.25) is 0 Å². The molecule has 0 bridgehead atoms. The quantitative estimate of drug-likeness (QED) is 0.160. The zero-order valence-corrected chi connectivity index (χ0v) is 29.0. The van der Waals surface area contributed by atoms with Gasteiger partial charge >= 0.3 is 0 Å². The van der Waals surface area contributed by atoms with Crippen molar-refractivity contribution in [1.82, 2.24) is 0 Å². The number of hydrogen-bond acceptors (Lipinski definition) is 0. The molecule has 0 radical (unpaired) electrons. The Morgan fingerprint density at radius 2 is 0.816 bits per heavy atom. The molecule has 0 saturated heterocycles. The normalized spacial score (nSPS) is 26.4. The van der Waals surface area contributed by atoms with E-state index in [0.29, 0.717) is 0 Å². The molecule has 2 unspecified atom stereocenters. The van der Waals surface area contributed by atoms with Gasteiger partial charge in [0.2, 0.25) is 0 Å². The van der Waals surface area contributed by atoms with Crippen molar-refractivity contribution < 1.29 is 0 Å². The minimum absolute atomic E-state index is 0.865. The summed E-state index contributed by atoms with van der Waals surface area (Å²) in [5, 5.41) is -1.08. The Balaban J connectivity index is 1.46. The van der Waals surface area contributed by atoms with Gasteiger partial charge in [0.15, 0.2) is 42.9 Å². The molecule has 2 atom stereocenters. The molecule has 0 heterocycles. The number of hydrogen-bond donors (Lipinski definition) is 2. The molecule has 0 N–H and O–H groups in total. The molecule has 4 aliphatic carbocycles. The van der Waals surface area contributed by atoms with E-state index in [-0.39, 0.29) is 0 Å². The summed E-state index contributed by atoms with van der Waals surface area (Å²) < 4.78 is 0. The lowest BCUT2D eigenvalue weighted by atomic mass is 10.0. The topological polar surface area (TPSA) is 0 Å². The Morgan fingerprint density at radius 1 is 0.500 bits per heavy atom. The molecule has 6 heteroatoms. The highest BCUT2D eigenvalue weighted by Crippen LogP contribution is 2.67. The summed E-state index contributed by atoms with van der Waals surface area (Å²) in [7, 11) is 4.83. The van der Waals surface area contributed by atoms with Crippen molar-refractivity contribution in [3.8, 4) is 0 Å². The second kappa shape index (κ2) is 15.1. The highest BCUT2D eigenvalue weighted by atomic mass is 32.9. The van der Waals surface area contributed by atoms with Crippen molar-refractivity contribution >= 4 is 56.9 Å². The van der Waals surface area contributed by atoms with Crippen molar-refractivity contribution in [2.24, 2.45) is 0 Å². The van der Waals surface area contributed by atoms with Gasteiger partial charge in [0, 0.05) is 49.3 Å². The Morgan fingerprint density at radius 3 is 1.16 bits per heavy atom. The first-order chi connectivity index (χ1) is 18.5. The highest BCUT2D eigenvalue weighted by molar-refractivity contribution is 8.66. The lowest BCUT2D eigenvalue weighted by molar-refractivity contribution is 0.510. The van der Waals surface area contributed by atoms with Gasteiger partial charge in [0.25, 0.3) is 0 Å². The molecule has 0 spiro atoms. The first-order valence-corrected chi connectivity index (χ1v) is 25.5. The van der Waals surface area contributed by atoms with E-state index in [1.807, 2.05) is 0 Å². The highest BCUT2D eigenvalue weighted by Gasteiger charge is 2.42. The van der Waals surface area contributed by atoms with Crippen LogP contribution in [0.4, 0.5) is 0 Å². The van der Waals surface area contributed by atoms with E-state index in [1.165, 1.54) is 141 Å². The number of benzene rings is 1. The molecule has 0 nitrogen and oxygen atoms in total. The maximum absolute atomic E-state index is 5.81. The van der Waals surface area contributed by atoms with Crippen LogP contribution in [-0.2, 0) is 34.2 Å². The van der Waals surface area contributed by atoms with Crippen LogP contribution in [0.1, 0.15) is 140 Å². The molecule has 214 valence electrons. The molecule has 4 fully saturated rings. The van der Waals surface area contributed by atoms with Crippen LogP contribution in [0.15, 0.2) is 24.3 Å². The van der Waals surface area contributed by atoms with Crippen molar-refractivity contribution in [2.45, 2.75) is 163 Å². The molecule has 38 heavy (non-hydrogen) atoms. The summed E-state index contributed by atoms with van der Waals surface area (Å²) in [6, 6.07) is 9.68. The molecule has 0 amide bonds.